The molecule has 0 bridgehead atoms. The minimum absolute atomic E-state index is 0.0580. The second kappa shape index (κ2) is 10.2. The van der Waals surface area contributed by atoms with Gasteiger partial charge in [0.2, 0.25) is 0 Å². The number of nitrogens with zero attached hydrogens (tertiary/aromatic N) is 2. The molecule has 1 aromatic carbocycles. The number of aliphatic hydroxyl groups is 1. The summed E-state index contributed by atoms with van der Waals surface area (Å²) in [6.07, 6.45) is 1.92. The Kier molecular flexibility index (Phi) is 7.23. The minimum Gasteiger partial charge on any atom is -0.496 e. The fourth-order valence-corrected chi connectivity index (χ4v) is 5.10. The van der Waals surface area contributed by atoms with Crippen LogP contribution in [0.1, 0.15) is 41.0 Å². The molecular formula is C26H30ClN5O4. The van der Waals surface area contributed by atoms with Gasteiger partial charge in [0.05, 0.1) is 41.9 Å². The van der Waals surface area contributed by atoms with E-state index in [1.807, 2.05) is 29.8 Å². The SMILES string of the molecule is COc1cc(C)[nH]c(=O)c1CN1CCn2ccc3cc(/C(C(C)=N)=C(\C)NCCO)c(Cl)c(c32)C1=O. The first-order valence-corrected chi connectivity index (χ1v) is 12.0. The van der Waals surface area contributed by atoms with Gasteiger partial charge in [0, 0.05) is 59.5 Å². The summed E-state index contributed by atoms with van der Waals surface area (Å²) in [6, 6.07) is 5.56. The van der Waals surface area contributed by atoms with Gasteiger partial charge in [0.25, 0.3) is 11.5 Å². The van der Waals surface area contributed by atoms with Crippen molar-refractivity contribution in [2.75, 3.05) is 26.8 Å². The lowest BCUT2D eigenvalue weighted by atomic mass is 9.95. The van der Waals surface area contributed by atoms with Crippen molar-refractivity contribution in [2.24, 2.45) is 0 Å². The van der Waals surface area contributed by atoms with Crippen LogP contribution < -0.4 is 15.6 Å². The Morgan fingerprint density at radius 2 is 2.03 bits per heavy atom. The molecule has 9 nitrogen and oxygen atoms in total. The summed E-state index contributed by atoms with van der Waals surface area (Å²) in [5.74, 6) is 0.127. The zero-order chi connectivity index (χ0) is 26.1. The summed E-state index contributed by atoms with van der Waals surface area (Å²) >= 11 is 6.95. The summed E-state index contributed by atoms with van der Waals surface area (Å²) in [4.78, 5) is 31.1. The molecule has 4 rings (SSSR count). The van der Waals surface area contributed by atoms with E-state index in [0.717, 1.165) is 10.9 Å². The Balaban J connectivity index is 1.87. The van der Waals surface area contributed by atoms with Gasteiger partial charge in [-0.1, -0.05) is 11.6 Å². The Bertz CT molecular complexity index is 1450. The molecule has 4 N–H and O–H groups in total. The van der Waals surface area contributed by atoms with E-state index >= 15 is 0 Å². The number of pyridine rings is 1. The quantitative estimate of drug-likeness (QED) is 0.345. The molecular weight excluding hydrogens is 482 g/mol. The molecule has 1 amide bonds. The first-order valence-electron chi connectivity index (χ1n) is 11.7. The predicted octanol–water partition coefficient (Wildman–Crippen LogP) is 3.31. The van der Waals surface area contributed by atoms with Gasteiger partial charge in [-0.15, -0.1) is 0 Å². The van der Waals surface area contributed by atoms with Crippen molar-refractivity contribution in [1.82, 2.24) is 19.8 Å². The number of H-pyrrole nitrogens is 1. The number of nitrogens with one attached hydrogen (secondary N) is 3. The van der Waals surface area contributed by atoms with Crippen molar-refractivity contribution in [3.05, 3.63) is 67.9 Å². The van der Waals surface area contributed by atoms with E-state index in [1.54, 1.807) is 24.8 Å². The summed E-state index contributed by atoms with van der Waals surface area (Å²) in [5.41, 5.74) is 3.88. The van der Waals surface area contributed by atoms with Crippen LogP contribution in [-0.4, -0.2) is 58.0 Å². The number of halogens is 1. The summed E-state index contributed by atoms with van der Waals surface area (Å²) in [7, 11) is 1.50. The highest BCUT2D eigenvalue weighted by molar-refractivity contribution is 6.39. The van der Waals surface area contributed by atoms with Crippen LogP contribution >= 0.6 is 11.6 Å². The number of benzene rings is 1. The van der Waals surface area contributed by atoms with Crippen molar-refractivity contribution in [2.45, 2.75) is 33.9 Å². The van der Waals surface area contributed by atoms with Crippen LogP contribution in [0.25, 0.3) is 16.5 Å². The third-order valence-corrected chi connectivity index (χ3v) is 6.81. The molecule has 0 spiro atoms. The minimum atomic E-state index is -0.302. The number of amides is 1. The average Bonchev–Trinajstić information content (AvgIpc) is 3.16. The van der Waals surface area contributed by atoms with E-state index < -0.39 is 0 Å². The molecule has 0 saturated heterocycles. The largest absolute Gasteiger partial charge is 0.496 e. The van der Waals surface area contributed by atoms with Crippen molar-refractivity contribution in [3.63, 3.8) is 0 Å². The molecule has 3 aromatic rings. The number of hydrogen-bond donors (Lipinski definition) is 4. The van der Waals surface area contributed by atoms with E-state index in [9.17, 15) is 14.7 Å². The van der Waals surface area contributed by atoms with Crippen molar-refractivity contribution in [3.8, 4) is 5.75 Å². The van der Waals surface area contributed by atoms with Crippen LogP contribution in [0, 0.1) is 12.3 Å². The molecule has 0 saturated carbocycles. The topological polar surface area (TPSA) is 123 Å². The first kappa shape index (κ1) is 25.5. The molecule has 1 aliphatic heterocycles. The molecule has 10 heteroatoms. The third kappa shape index (κ3) is 4.52. The standard InChI is InChI=1S/C26H30ClN5O4/c1-14-11-20(36-4)19(25(34)30-14)13-32-9-8-31-7-5-17-12-18(23(27)22(24(17)31)26(32)35)21(15(2)28)16(3)29-6-10-33/h5,7,11-12,28-29,33H,6,8-10,13H2,1-4H3,(H,30,34)/b21-16+,28-15?. The lowest BCUT2D eigenvalue weighted by Gasteiger charge is -2.23. The van der Waals surface area contributed by atoms with E-state index in [0.29, 0.717) is 59.0 Å². The zero-order valence-corrected chi connectivity index (χ0v) is 21.5. The number of aromatic amines is 1. The van der Waals surface area contributed by atoms with Gasteiger partial charge in [-0.3, -0.25) is 9.59 Å². The third-order valence-electron chi connectivity index (χ3n) is 6.42. The fourth-order valence-electron chi connectivity index (χ4n) is 4.78. The molecule has 1 aliphatic rings. The average molecular weight is 512 g/mol. The van der Waals surface area contributed by atoms with E-state index in [-0.39, 0.29) is 35.4 Å². The van der Waals surface area contributed by atoms with Crippen LogP contribution in [-0.2, 0) is 13.1 Å². The van der Waals surface area contributed by atoms with Gasteiger partial charge >= 0.3 is 0 Å². The Morgan fingerprint density at radius 1 is 1.28 bits per heavy atom. The number of hydrogen-bond acceptors (Lipinski definition) is 6. The maximum atomic E-state index is 14.0. The Labute approximate surface area is 213 Å². The van der Waals surface area contributed by atoms with Crippen molar-refractivity contribution < 1.29 is 14.6 Å². The molecule has 0 fully saturated rings. The molecule has 0 aliphatic carbocycles. The lowest BCUT2D eigenvalue weighted by Crippen LogP contribution is -2.34. The van der Waals surface area contributed by atoms with Gasteiger partial charge < -0.3 is 35.0 Å². The summed E-state index contributed by atoms with van der Waals surface area (Å²) < 4.78 is 7.43. The monoisotopic (exact) mass is 511 g/mol. The van der Waals surface area contributed by atoms with E-state index in [1.165, 1.54) is 7.11 Å². The number of rotatable bonds is 8. The van der Waals surface area contributed by atoms with E-state index in [4.69, 9.17) is 21.7 Å². The first-order chi connectivity index (χ1) is 17.2. The van der Waals surface area contributed by atoms with Crippen LogP contribution in [0.5, 0.6) is 5.75 Å². The highest BCUT2D eigenvalue weighted by Crippen LogP contribution is 2.38. The summed E-state index contributed by atoms with van der Waals surface area (Å²) in [5, 5.41) is 21.8. The Hall–Kier alpha value is -3.56. The molecule has 36 heavy (non-hydrogen) atoms. The molecule has 190 valence electrons. The van der Waals surface area contributed by atoms with Crippen LogP contribution in [0.15, 0.2) is 34.9 Å². The molecule has 0 radical (unpaired) electrons. The normalized spacial score (nSPS) is 14.1. The second-order valence-corrected chi connectivity index (χ2v) is 9.27. The fraction of sp³-hybridized carbons (Fsp3) is 0.346. The van der Waals surface area contributed by atoms with Crippen molar-refractivity contribution in [1.29, 1.82) is 5.41 Å². The van der Waals surface area contributed by atoms with Crippen LogP contribution in [0.3, 0.4) is 0 Å². The number of carbonyl (C=O) groups excluding carboxylic acids is 1. The van der Waals surface area contributed by atoms with Crippen LogP contribution in [0.2, 0.25) is 5.02 Å². The highest BCUT2D eigenvalue weighted by Gasteiger charge is 2.30. The maximum absolute atomic E-state index is 14.0. The maximum Gasteiger partial charge on any atom is 0.257 e. The van der Waals surface area contributed by atoms with Gasteiger partial charge in [-0.25, -0.2) is 0 Å². The number of carbonyl (C=O) groups is 1. The number of ether oxygens (including phenoxy) is 1. The number of methoxy groups -OCH3 is 1. The Morgan fingerprint density at radius 3 is 2.69 bits per heavy atom. The van der Waals surface area contributed by atoms with Crippen LogP contribution in [0.4, 0.5) is 0 Å². The number of aromatic nitrogens is 2. The zero-order valence-electron chi connectivity index (χ0n) is 20.8. The number of allylic oxidation sites excluding steroid dienone is 2. The van der Waals surface area contributed by atoms with Gasteiger partial charge in [-0.2, -0.15) is 0 Å². The molecule has 3 heterocycles. The predicted molar refractivity (Wildman–Crippen MR) is 141 cm³/mol. The number of aryl methyl sites for hydroxylation is 1. The van der Waals surface area contributed by atoms with Gasteiger partial charge in [0.1, 0.15) is 5.75 Å². The molecule has 0 unspecified atom stereocenters. The smallest absolute Gasteiger partial charge is 0.257 e. The van der Waals surface area contributed by atoms with Gasteiger partial charge in [0.15, 0.2) is 0 Å². The van der Waals surface area contributed by atoms with Crippen molar-refractivity contribution >= 4 is 39.7 Å². The van der Waals surface area contributed by atoms with E-state index in [2.05, 4.69) is 10.3 Å². The molecule has 0 atom stereocenters. The molecule has 2 aromatic heterocycles. The lowest BCUT2D eigenvalue weighted by molar-refractivity contribution is 0.0744. The second-order valence-electron chi connectivity index (χ2n) is 8.89. The number of aliphatic hydroxyl groups excluding tert-OH is 1. The highest BCUT2D eigenvalue weighted by atomic mass is 35.5. The summed E-state index contributed by atoms with van der Waals surface area (Å²) in [6.45, 7) is 6.49. The van der Waals surface area contributed by atoms with Gasteiger partial charge in [-0.05, 0) is 39.0 Å².